The van der Waals surface area contributed by atoms with Crippen LogP contribution in [-0.4, -0.2) is 0 Å². The van der Waals surface area contributed by atoms with E-state index in [2.05, 4.69) is 20.8 Å². The molecule has 0 aromatic rings. The zero-order chi connectivity index (χ0) is 8.85. The molecule has 0 heteroatoms. The molecule has 0 nitrogen and oxygen atoms in total. The molecule has 0 heterocycles. The Balaban J connectivity index is 0.000000461. The first kappa shape index (κ1) is 11.0. The maximum atomic E-state index is 2.41. The van der Waals surface area contributed by atoms with Gasteiger partial charge in [-0.2, -0.15) is 0 Å². The van der Waals surface area contributed by atoms with Crippen molar-refractivity contribution in [3.8, 4) is 0 Å². The van der Waals surface area contributed by atoms with Crippen LogP contribution in [0.4, 0.5) is 0 Å². The summed E-state index contributed by atoms with van der Waals surface area (Å²) in [5.41, 5.74) is 0. The first-order chi connectivity index (χ1) is 5.25. The molecule has 0 radical (unpaired) electrons. The van der Waals surface area contributed by atoms with E-state index in [1.807, 2.05) is 13.8 Å². The first-order valence-electron chi connectivity index (χ1n) is 5.25. The summed E-state index contributed by atoms with van der Waals surface area (Å²) in [6, 6.07) is 0. The minimum Gasteiger partial charge on any atom is -0.0683 e. The monoisotopic (exact) mass is 156 g/mol. The van der Waals surface area contributed by atoms with Crippen LogP contribution in [0.2, 0.25) is 0 Å². The van der Waals surface area contributed by atoms with E-state index in [1.165, 1.54) is 19.3 Å². The van der Waals surface area contributed by atoms with Crippen molar-refractivity contribution in [1.29, 1.82) is 0 Å². The molecule has 0 spiro atoms. The Bertz CT molecular complexity index is 86.0. The van der Waals surface area contributed by atoms with Crippen LogP contribution >= 0.6 is 0 Å². The largest absolute Gasteiger partial charge is 0.0683 e. The van der Waals surface area contributed by atoms with Crippen molar-refractivity contribution in [2.24, 2.45) is 17.8 Å². The maximum Gasteiger partial charge on any atom is -0.0388 e. The fourth-order valence-electron chi connectivity index (χ4n) is 2.04. The Morgan fingerprint density at radius 2 is 1.64 bits per heavy atom. The number of rotatable bonds is 1. The van der Waals surface area contributed by atoms with E-state index in [9.17, 15) is 0 Å². The highest BCUT2D eigenvalue weighted by atomic mass is 14.3. The Kier molecular flexibility index (Phi) is 5.62. The van der Waals surface area contributed by atoms with Gasteiger partial charge in [-0.15, -0.1) is 0 Å². The highest BCUT2D eigenvalue weighted by Gasteiger charge is 2.27. The van der Waals surface area contributed by atoms with Crippen molar-refractivity contribution < 1.29 is 0 Å². The van der Waals surface area contributed by atoms with Gasteiger partial charge in [0.2, 0.25) is 0 Å². The molecule has 0 N–H and O–H groups in total. The van der Waals surface area contributed by atoms with E-state index < -0.39 is 0 Å². The van der Waals surface area contributed by atoms with Gasteiger partial charge < -0.3 is 0 Å². The molecule has 0 aliphatic heterocycles. The molecule has 1 aliphatic carbocycles. The van der Waals surface area contributed by atoms with Crippen LogP contribution < -0.4 is 0 Å². The van der Waals surface area contributed by atoms with Gasteiger partial charge in [0.15, 0.2) is 0 Å². The fraction of sp³-hybridized carbons (Fsp3) is 1.00. The van der Waals surface area contributed by atoms with Gasteiger partial charge in [0, 0.05) is 0 Å². The summed E-state index contributed by atoms with van der Waals surface area (Å²) >= 11 is 0. The van der Waals surface area contributed by atoms with Gasteiger partial charge in [-0.1, -0.05) is 47.5 Å². The first-order valence-corrected chi connectivity index (χ1v) is 5.25. The number of hydrogen-bond acceptors (Lipinski definition) is 0. The molecule has 1 saturated carbocycles. The topological polar surface area (TPSA) is 0 Å². The minimum atomic E-state index is 0.995. The van der Waals surface area contributed by atoms with Gasteiger partial charge in [0.25, 0.3) is 0 Å². The van der Waals surface area contributed by atoms with Crippen LogP contribution in [0.3, 0.4) is 0 Å². The zero-order valence-electron chi connectivity index (χ0n) is 8.85. The second kappa shape index (κ2) is 5.62. The molecule has 3 atom stereocenters. The highest BCUT2D eigenvalue weighted by molar-refractivity contribution is 4.78. The quantitative estimate of drug-likeness (QED) is 0.536. The summed E-state index contributed by atoms with van der Waals surface area (Å²) in [4.78, 5) is 0. The van der Waals surface area contributed by atoms with E-state index in [-0.39, 0.29) is 0 Å². The van der Waals surface area contributed by atoms with Crippen molar-refractivity contribution in [3.05, 3.63) is 0 Å². The second-order valence-corrected chi connectivity index (χ2v) is 3.58. The molecule has 0 aromatic heterocycles. The lowest BCUT2D eigenvalue weighted by molar-refractivity contribution is 0.349. The van der Waals surface area contributed by atoms with Crippen LogP contribution in [0.1, 0.15) is 53.9 Å². The summed E-state index contributed by atoms with van der Waals surface area (Å²) in [7, 11) is 0. The smallest absolute Gasteiger partial charge is 0.0388 e. The van der Waals surface area contributed by atoms with E-state index >= 15 is 0 Å². The molecule has 68 valence electrons. The molecule has 0 saturated heterocycles. The summed E-state index contributed by atoms with van der Waals surface area (Å²) in [5.74, 6) is 3.03. The van der Waals surface area contributed by atoms with Gasteiger partial charge >= 0.3 is 0 Å². The third kappa shape index (κ3) is 2.84. The normalized spacial score (nSPS) is 36.3. The Morgan fingerprint density at radius 1 is 1.09 bits per heavy atom. The van der Waals surface area contributed by atoms with Crippen LogP contribution in [0, 0.1) is 17.8 Å². The van der Waals surface area contributed by atoms with Crippen molar-refractivity contribution in [2.75, 3.05) is 0 Å². The lowest BCUT2D eigenvalue weighted by Gasteiger charge is -2.15. The molecule has 0 aromatic carbocycles. The van der Waals surface area contributed by atoms with Gasteiger partial charge in [0.1, 0.15) is 0 Å². The van der Waals surface area contributed by atoms with Gasteiger partial charge in [-0.05, 0) is 24.2 Å². The van der Waals surface area contributed by atoms with Crippen LogP contribution in [-0.2, 0) is 0 Å². The average molecular weight is 156 g/mol. The molecule has 0 amide bonds. The summed E-state index contributed by atoms with van der Waals surface area (Å²) in [6.07, 6.45) is 4.35. The van der Waals surface area contributed by atoms with Crippen LogP contribution in [0.25, 0.3) is 0 Å². The number of hydrogen-bond donors (Lipinski definition) is 0. The lowest BCUT2D eigenvalue weighted by atomic mass is 9.91. The fourth-order valence-corrected chi connectivity index (χ4v) is 2.04. The highest BCUT2D eigenvalue weighted by Crippen LogP contribution is 2.37. The molecule has 0 bridgehead atoms. The maximum absolute atomic E-state index is 2.41. The SMILES string of the molecule is CC.CCC1CCC(C)C1C. The van der Waals surface area contributed by atoms with E-state index in [0.717, 1.165) is 17.8 Å². The Labute approximate surface area is 72.4 Å². The molecule has 11 heavy (non-hydrogen) atoms. The molecular formula is C11H24. The molecular weight excluding hydrogens is 132 g/mol. The predicted molar refractivity (Wildman–Crippen MR) is 52.7 cm³/mol. The van der Waals surface area contributed by atoms with Gasteiger partial charge in [-0.25, -0.2) is 0 Å². The van der Waals surface area contributed by atoms with Crippen LogP contribution in [0.5, 0.6) is 0 Å². The second-order valence-electron chi connectivity index (χ2n) is 3.58. The minimum absolute atomic E-state index is 0.995. The van der Waals surface area contributed by atoms with Crippen molar-refractivity contribution in [2.45, 2.75) is 53.9 Å². The van der Waals surface area contributed by atoms with Gasteiger partial charge in [-0.3, -0.25) is 0 Å². The van der Waals surface area contributed by atoms with Crippen molar-refractivity contribution >= 4 is 0 Å². The summed E-state index contributed by atoms with van der Waals surface area (Å²) < 4.78 is 0. The summed E-state index contributed by atoms with van der Waals surface area (Å²) in [6.45, 7) is 11.1. The average Bonchev–Trinajstić information content (AvgIpc) is 2.37. The van der Waals surface area contributed by atoms with Crippen LogP contribution in [0.15, 0.2) is 0 Å². The molecule has 1 aliphatic rings. The third-order valence-corrected chi connectivity index (χ3v) is 3.16. The standard InChI is InChI=1S/C9H18.C2H6/c1-4-9-6-5-7(2)8(9)3;1-2/h7-9H,4-6H2,1-3H3;1-2H3. The summed E-state index contributed by atoms with van der Waals surface area (Å²) in [5, 5.41) is 0. The van der Waals surface area contributed by atoms with Crippen molar-refractivity contribution in [3.63, 3.8) is 0 Å². The third-order valence-electron chi connectivity index (χ3n) is 3.16. The van der Waals surface area contributed by atoms with E-state index in [4.69, 9.17) is 0 Å². The Morgan fingerprint density at radius 3 is 1.82 bits per heavy atom. The van der Waals surface area contributed by atoms with Crippen molar-refractivity contribution in [1.82, 2.24) is 0 Å². The van der Waals surface area contributed by atoms with E-state index in [0.29, 0.717) is 0 Å². The Hall–Kier alpha value is 0. The molecule has 1 rings (SSSR count). The zero-order valence-corrected chi connectivity index (χ0v) is 8.85. The predicted octanol–water partition coefficient (Wildman–Crippen LogP) is 4.10. The van der Waals surface area contributed by atoms with E-state index in [1.54, 1.807) is 0 Å². The lowest BCUT2D eigenvalue weighted by Crippen LogP contribution is -2.07. The van der Waals surface area contributed by atoms with Gasteiger partial charge in [0.05, 0.1) is 0 Å². The molecule has 3 unspecified atom stereocenters. The molecule has 1 fully saturated rings.